The highest BCUT2D eigenvalue weighted by molar-refractivity contribution is 7.21. The van der Waals surface area contributed by atoms with Crippen LogP contribution in [-0.2, 0) is 0 Å². The molecule has 0 aliphatic heterocycles. The van der Waals surface area contributed by atoms with E-state index in [1.807, 2.05) is 49.4 Å². The van der Waals surface area contributed by atoms with Crippen molar-refractivity contribution in [3.63, 3.8) is 0 Å². The van der Waals surface area contributed by atoms with Crippen molar-refractivity contribution in [3.05, 3.63) is 92.4 Å². The van der Waals surface area contributed by atoms with E-state index in [2.05, 4.69) is 10.3 Å². The van der Waals surface area contributed by atoms with E-state index < -0.39 is 11.4 Å². The zero-order valence-corrected chi connectivity index (χ0v) is 20.0. The van der Waals surface area contributed by atoms with Gasteiger partial charge in [0.05, 0.1) is 11.4 Å². The molecule has 8 nitrogen and oxygen atoms in total. The number of aromatic amines is 1. The largest absolute Gasteiger partial charge is 0.439 e. The van der Waals surface area contributed by atoms with Gasteiger partial charge in [0.1, 0.15) is 9.71 Å². The summed E-state index contributed by atoms with van der Waals surface area (Å²) in [5.41, 5.74) is 9.67. The third kappa shape index (κ3) is 3.66. The van der Waals surface area contributed by atoms with Gasteiger partial charge in [0, 0.05) is 28.6 Å². The molecule has 0 aliphatic rings. The number of pyridine rings is 1. The summed E-state index contributed by atoms with van der Waals surface area (Å²) >= 11 is 1.08. The number of aromatic nitrogens is 3. The summed E-state index contributed by atoms with van der Waals surface area (Å²) < 4.78 is 6.26. The van der Waals surface area contributed by atoms with Gasteiger partial charge in [-0.25, -0.2) is 9.78 Å². The average Bonchev–Trinajstić information content (AvgIpc) is 3.38. The third-order valence-electron chi connectivity index (χ3n) is 5.83. The molecular formula is C26H21N4O4S+. The van der Waals surface area contributed by atoms with E-state index in [1.165, 1.54) is 11.6 Å². The first-order chi connectivity index (χ1) is 16.8. The predicted octanol–water partition coefficient (Wildman–Crippen LogP) is 4.15. The van der Waals surface area contributed by atoms with Gasteiger partial charge in [-0.3, -0.25) is 14.1 Å². The second-order valence-corrected chi connectivity index (χ2v) is 9.22. The molecule has 2 aromatic carbocycles. The molecule has 3 heterocycles. The van der Waals surface area contributed by atoms with Crippen molar-refractivity contribution in [2.45, 2.75) is 20.8 Å². The highest BCUT2D eigenvalue weighted by atomic mass is 32.1. The van der Waals surface area contributed by atoms with Crippen LogP contribution in [0.4, 0.5) is 5.69 Å². The van der Waals surface area contributed by atoms with Crippen LogP contribution in [0.3, 0.4) is 0 Å². The molecule has 0 atom stereocenters. The van der Waals surface area contributed by atoms with Crippen LogP contribution in [0.15, 0.2) is 63.9 Å². The first kappa shape index (κ1) is 22.4. The Hall–Kier alpha value is -4.37. The van der Waals surface area contributed by atoms with Crippen LogP contribution >= 0.6 is 11.3 Å². The van der Waals surface area contributed by atoms with Crippen molar-refractivity contribution >= 4 is 38.8 Å². The number of benzene rings is 2. The lowest BCUT2D eigenvalue weighted by atomic mass is 9.93. The quantitative estimate of drug-likeness (QED) is 0.285. The van der Waals surface area contributed by atoms with Gasteiger partial charge in [-0.2, -0.15) is 0 Å². The van der Waals surface area contributed by atoms with Crippen LogP contribution < -0.4 is 16.0 Å². The van der Waals surface area contributed by atoms with E-state index in [0.717, 1.165) is 22.5 Å². The molecule has 0 radical (unpaired) electrons. The summed E-state index contributed by atoms with van der Waals surface area (Å²) in [4.78, 5) is 44.1. The molecule has 0 bridgehead atoms. The summed E-state index contributed by atoms with van der Waals surface area (Å²) in [6.45, 7) is 5.17. The Morgan fingerprint density at radius 1 is 1.06 bits per heavy atom. The number of H-pyrrole nitrogens is 1. The van der Waals surface area contributed by atoms with Crippen LogP contribution in [0, 0.1) is 13.8 Å². The Labute approximate surface area is 203 Å². The molecule has 35 heavy (non-hydrogen) atoms. The number of carbonyl (C=O) groups excluding carboxylic acids is 2. The number of hydrogen-bond acceptors (Lipinski definition) is 7. The standard InChI is InChI=1S/C26H20N4O4S/c1-13-9-11-17(12-10-13)30-22(26(33)34-29-30)23(32)24-21(27)20-19(16-7-5-4-6-8-16)18(15(3)31)14(2)28-25(20)35-24/h4-12H,1-3H3,(H2-,27,29,32,33)/p+1. The molecule has 0 amide bonds. The van der Waals surface area contributed by atoms with Gasteiger partial charge in [-0.05, 0) is 36.3 Å². The van der Waals surface area contributed by atoms with Gasteiger partial charge in [0.2, 0.25) is 5.69 Å². The molecule has 0 saturated heterocycles. The smallest absolute Gasteiger partial charge is 0.397 e. The maximum absolute atomic E-state index is 13.7. The fourth-order valence-electron chi connectivity index (χ4n) is 4.21. The Bertz CT molecular complexity index is 1680. The molecule has 3 N–H and O–H groups in total. The zero-order valence-electron chi connectivity index (χ0n) is 19.2. The number of nitrogen functional groups attached to an aromatic ring is 1. The Balaban J connectivity index is 1.76. The van der Waals surface area contributed by atoms with Crippen molar-refractivity contribution in [3.8, 4) is 16.8 Å². The van der Waals surface area contributed by atoms with Gasteiger partial charge in [-0.15, -0.1) is 11.3 Å². The number of nitrogens with two attached hydrogens (primary N) is 1. The van der Waals surface area contributed by atoms with E-state index in [0.29, 0.717) is 32.7 Å². The molecule has 5 rings (SSSR count). The summed E-state index contributed by atoms with van der Waals surface area (Å²) in [5.74, 6) is -0.750. The fourth-order valence-corrected chi connectivity index (χ4v) is 5.30. The summed E-state index contributed by atoms with van der Waals surface area (Å²) in [6, 6.07) is 16.6. The molecule has 0 saturated carbocycles. The number of nitrogens with one attached hydrogen (secondary N) is 1. The monoisotopic (exact) mass is 485 g/mol. The minimum absolute atomic E-state index is 0.151. The highest BCUT2D eigenvalue weighted by Crippen LogP contribution is 2.42. The van der Waals surface area contributed by atoms with E-state index in [9.17, 15) is 14.4 Å². The highest BCUT2D eigenvalue weighted by Gasteiger charge is 2.35. The molecule has 5 aromatic rings. The lowest BCUT2D eigenvalue weighted by molar-refractivity contribution is -0.672. The number of fused-ring (bicyclic) bond motifs is 1. The number of anilines is 1. The minimum atomic E-state index is -0.815. The first-order valence-electron chi connectivity index (χ1n) is 10.8. The lowest BCUT2D eigenvalue weighted by Crippen LogP contribution is -2.41. The lowest BCUT2D eigenvalue weighted by Gasteiger charge is -2.12. The number of Topliss-reactive ketones (excluding diaryl/α,β-unsaturated/α-hetero) is 1. The summed E-state index contributed by atoms with van der Waals surface area (Å²) in [7, 11) is 0. The SMILES string of the molecule is CC(=O)c1c(C)nc2sc(C(=O)c3c(=O)o[nH][n+]3-c3ccc(C)cc3)c(N)c2c1-c1ccccc1. The topological polar surface area (TPSA) is 123 Å². The molecule has 174 valence electrons. The van der Waals surface area contributed by atoms with Gasteiger partial charge < -0.3 is 5.73 Å². The normalized spacial score (nSPS) is 11.2. The van der Waals surface area contributed by atoms with Gasteiger partial charge in [0.25, 0.3) is 5.78 Å². The molecule has 9 heteroatoms. The molecular weight excluding hydrogens is 464 g/mol. The molecule has 0 fully saturated rings. The first-order valence-corrected chi connectivity index (χ1v) is 11.6. The number of rotatable bonds is 5. The molecule has 0 unspecified atom stereocenters. The van der Waals surface area contributed by atoms with Crippen molar-refractivity contribution in [1.82, 2.24) is 10.3 Å². The Kier molecular flexibility index (Phi) is 5.41. The maximum atomic E-state index is 13.7. The van der Waals surface area contributed by atoms with Crippen LogP contribution in [0.2, 0.25) is 0 Å². The fraction of sp³-hybridized carbons (Fsp3) is 0.115. The van der Waals surface area contributed by atoms with Crippen molar-refractivity contribution in [2.75, 3.05) is 5.73 Å². The number of hydrogen-bond donors (Lipinski definition) is 2. The van der Waals surface area contributed by atoms with E-state index in [4.69, 9.17) is 10.3 Å². The number of carbonyl (C=O) groups is 2. The van der Waals surface area contributed by atoms with Crippen LogP contribution in [0.5, 0.6) is 0 Å². The Morgan fingerprint density at radius 3 is 2.40 bits per heavy atom. The average molecular weight is 486 g/mol. The summed E-state index contributed by atoms with van der Waals surface area (Å²) in [6.07, 6.45) is 0. The number of ketones is 2. The number of thiophene rings is 1. The van der Waals surface area contributed by atoms with Gasteiger partial charge >= 0.3 is 11.3 Å². The van der Waals surface area contributed by atoms with Crippen LogP contribution in [0.25, 0.3) is 27.0 Å². The van der Waals surface area contributed by atoms with Crippen LogP contribution in [-0.4, -0.2) is 21.8 Å². The maximum Gasteiger partial charge on any atom is 0.439 e. The Morgan fingerprint density at radius 2 is 1.74 bits per heavy atom. The van der Waals surface area contributed by atoms with Gasteiger partial charge in [-0.1, -0.05) is 48.0 Å². The van der Waals surface area contributed by atoms with Crippen molar-refractivity contribution < 1.29 is 18.8 Å². The number of nitrogens with zero attached hydrogens (tertiary/aromatic N) is 2. The number of aryl methyl sites for hydroxylation is 2. The molecule has 0 aliphatic carbocycles. The van der Waals surface area contributed by atoms with Crippen molar-refractivity contribution in [2.24, 2.45) is 0 Å². The van der Waals surface area contributed by atoms with Crippen LogP contribution in [0.1, 0.15) is 43.9 Å². The summed E-state index contributed by atoms with van der Waals surface area (Å²) in [5, 5.41) is 3.01. The van der Waals surface area contributed by atoms with E-state index in [-0.39, 0.29) is 22.0 Å². The third-order valence-corrected chi connectivity index (χ3v) is 6.93. The molecule has 0 spiro atoms. The van der Waals surface area contributed by atoms with E-state index in [1.54, 1.807) is 19.1 Å². The van der Waals surface area contributed by atoms with E-state index >= 15 is 0 Å². The van der Waals surface area contributed by atoms with Gasteiger partial charge in [0.15, 0.2) is 5.78 Å². The second kappa shape index (κ2) is 8.44. The minimum Gasteiger partial charge on any atom is -0.397 e. The molecule has 3 aromatic heterocycles. The zero-order chi connectivity index (χ0) is 24.9. The van der Waals surface area contributed by atoms with Crippen molar-refractivity contribution in [1.29, 1.82) is 0 Å². The predicted molar refractivity (Wildman–Crippen MR) is 133 cm³/mol. The second-order valence-electron chi connectivity index (χ2n) is 8.22.